The lowest BCUT2D eigenvalue weighted by atomic mass is 9.99. The first-order valence-electron chi connectivity index (χ1n) is 8.24. The lowest BCUT2D eigenvalue weighted by molar-refractivity contribution is 0.461. The molecule has 23 heavy (non-hydrogen) atoms. The Morgan fingerprint density at radius 1 is 1.35 bits per heavy atom. The van der Waals surface area contributed by atoms with E-state index in [-0.39, 0.29) is 11.5 Å². The van der Waals surface area contributed by atoms with Crippen LogP contribution >= 0.6 is 0 Å². The summed E-state index contributed by atoms with van der Waals surface area (Å²) in [5, 5.41) is 3.18. The van der Waals surface area contributed by atoms with Crippen molar-refractivity contribution in [2.45, 2.75) is 19.8 Å². The van der Waals surface area contributed by atoms with Crippen molar-refractivity contribution >= 4 is 15.8 Å². The summed E-state index contributed by atoms with van der Waals surface area (Å²) in [6.45, 7) is 4.04. The largest absolute Gasteiger partial charge is 0.355 e. The minimum atomic E-state index is -2.93. The van der Waals surface area contributed by atoms with Crippen LogP contribution in [0.1, 0.15) is 18.9 Å². The minimum absolute atomic E-state index is 0.157. The number of hydrogen-bond donors (Lipinski definition) is 1. The van der Waals surface area contributed by atoms with Crippen molar-refractivity contribution in [3.05, 3.63) is 35.9 Å². The number of benzene rings is 1. The zero-order chi connectivity index (χ0) is 16.7. The second-order valence-electron chi connectivity index (χ2n) is 6.00. The second-order valence-corrected chi connectivity index (χ2v) is 8.47. The summed E-state index contributed by atoms with van der Waals surface area (Å²) in [5.41, 5.74) is 1.37. The first-order valence-corrected chi connectivity index (χ1v) is 10.1. The van der Waals surface area contributed by atoms with Gasteiger partial charge < -0.3 is 10.2 Å². The zero-order valence-corrected chi connectivity index (χ0v) is 14.8. The maximum absolute atomic E-state index is 11.6. The highest BCUT2D eigenvalue weighted by Gasteiger charge is 2.25. The maximum Gasteiger partial charge on any atom is 0.193 e. The zero-order valence-electron chi connectivity index (χ0n) is 14.0. The number of likely N-dealkylation sites (tertiary alicyclic amines) is 1. The number of rotatable bonds is 6. The van der Waals surface area contributed by atoms with Gasteiger partial charge in [0.15, 0.2) is 15.8 Å². The molecule has 0 spiro atoms. The lowest BCUT2D eigenvalue weighted by Crippen LogP contribution is -2.42. The maximum atomic E-state index is 11.6. The third-order valence-electron chi connectivity index (χ3n) is 4.30. The summed E-state index contributed by atoms with van der Waals surface area (Å²) in [7, 11) is -1.18. The van der Waals surface area contributed by atoms with Crippen LogP contribution in [0.3, 0.4) is 0 Å². The summed E-state index contributed by atoms with van der Waals surface area (Å²) in [5.74, 6) is 1.78. The molecule has 0 radical (unpaired) electrons. The molecule has 1 atom stereocenters. The summed E-state index contributed by atoms with van der Waals surface area (Å²) in [6.07, 6.45) is 2.22. The Morgan fingerprint density at radius 3 is 2.74 bits per heavy atom. The molecule has 6 heteroatoms. The molecule has 2 rings (SSSR count). The summed E-state index contributed by atoms with van der Waals surface area (Å²) >= 11 is 0. The van der Waals surface area contributed by atoms with E-state index < -0.39 is 9.84 Å². The molecular formula is C17H27N3O2S. The van der Waals surface area contributed by atoms with Crippen LogP contribution in [0, 0.1) is 5.92 Å². The summed E-state index contributed by atoms with van der Waals surface area (Å²) in [6, 6.07) is 10.5. The molecule has 1 aliphatic rings. The lowest BCUT2D eigenvalue weighted by Gasteiger charge is -2.21. The summed E-state index contributed by atoms with van der Waals surface area (Å²) < 4.78 is 23.1. The van der Waals surface area contributed by atoms with Crippen LogP contribution in [-0.4, -0.2) is 57.5 Å². The number of aliphatic imine (C=N–C) groups is 1. The molecule has 1 fully saturated rings. The van der Waals surface area contributed by atoms with Gasteiger partial charge in [0.05, 0.1) is 5.75 Å². The standard InChI is InChI=1S/C17H27N3O2S/c1-3-23(21,22)12-10-19-17(18-2)20-11-9-16(14-20)13-15-7-5-4-6-8-15/h4-8,16H,3,9-14H2,1-2H3,(H,18,19). The highest BCUT2D eigenvalue weighted by molar-refractivity contribution is 7.91. The second kappa shape index (κ2) is 8.34. The Balaban J connectivity index is 1.82. The van der Waals surface area contributed by atoms with Crippen molar-refractivity contribution in [2.75, 3.05) is 38.2 Å². The van der Waals surface area contributed by atoms with Gasteiger partial charge in [-0.1, -0.05) is 37.3 Å². The summed E-state index contributed by atoms with van der Waals surface area (Å²) in [4.78, 5) is 6.52. The third-order valence-corrected chi connectivity index (χ3v) is 6.01. The van der Waals surface area contributed by atoms with Crippen molar-refractivity contribution < 1.29 is 8.42 Å². The number of nitrogens with zero attached hydrogens (tertiary/aromatic N) is 2. The quantitative estimate of drug-likeness (QED) is 0.632. The molecule has 1 aromatic rings. The molecule has 1 heterocycles. The van der Waals surface area contributed by atoms with E-state index >= 15 is 0 Å². The van der Waals surface area contributed by atoms with Crippen molar-refractivity contribution in [3.63, 3.8) is 0 Å². The van der Waals surface area contributed by atoms with E-state index in [4.69, 9.17) is 0 Å². The van der Waals surface area contributed by atoms with E-state index in [2.05, 4.69) is 39.5 Å². The van der Waals surface area contributed by atoms with Crippen LogP contribution in [0.15, 0.2) is 35.3 Å². The van der Waals surface area contributed by atoms with Crippen LogP contribution in [0.2, 0.25) is 0 Å². The molecule has 1 aliphatic heterocycles. The van der Waals surface area contributed by atoms with Gasteiger partial charge in [-0.25, -0.2) is 8.42 Å². The first-order chi connectivity index (χ1) is 11.0. The molecule has 0 aliphatic carbocycles. The first kappa shape index (κ1) is 17.8. The molecule has 1 saturated heterocycles. The molecule has 0 amide bonds. The predicted molar refractivity (Wildman–Crippen MR) is 95.5 cm³/mol. The van der Waals surface area contributed by atoms with Gasteiger partial charge in [0.25, 0.3) is 0 Å². The fourth-order valence-electron chi connectivity index (χ4n) is 2.93. The number of hydrogen-bond acceptors (Lipinski definition) is 3. The molecule has 0 bridgehead atoms. The minimum Gasteiger partial charge on any atom is -0.355 e. The molecule has 1 N–H and O–H groups in total. The molecule has 5 nitrogen and oxygen atoms in total. The van der Waals surface area contributed by atoms with E-state index in [0.717, 1.165) is 31.9 Å². The van der Waals surface area contributed by atoms with Crippen molar-refractivity contribution in [1.82, 2.24) is 10.2 Å². The Labute approximate surface area is 139 Å². The third kappa shape index (κ3) is 5.53. The molecule has 1 unspecified atom stereocenters. The van der Waals surface area contributed by atoms with Gasteiger partial charge in [-0.3, -0.25) is 4.99 Å². The van der Waals surface area contributed by atoms with E-state index in [1.54, 1.807) is 14.0 Å². The van der Waals surface area contributed by atoms with E-state index in [9.17, 15) is 8.42 Å². The topological polar surface area (TPSA) is 61.8 Å². The van der Waals surface area contributed by atoms with Crippen LogP contribution in [0.4, 0.5) is 0 Å². The number of sulfone groups is 1. The van der Waals surface area contributed by atoms with Crippen LogP contribution in [-0.2, 0) is 16.3 Å². The van der Waals surface area contributed by atoms with Crippen LogP contribution in [0.5, 0.6) is 0 Å². The average Bonchev–Trinajstić information content (AvgIpc) is 3.01. The highest BCUT2D eigenvalue weighted by atomic mass is 32.2. The normalized spacial score (nSPS) is 19.1. The van der Waals surface area contributed by atoms with Gasteiger partial charge in [0.1, 0.15) is 0 Å². The van der Waals surface area contributed by atoms with E-state index in [1.807, 2.05) is 6.07 Å². The highest BCUT2D eigenvalue weighted by Crippen LogP contribution is 2.20. The Morgan fingerprint density at radius 2 is 2.09 bits per heavy atom. The van der Waals surface area contributed by atoms with E-state index in [0.29, 0.717) is 12.5 Å². The Kier molecular flexibility index (Phi) is 6.45. The fraction of sp³-hybridized carbons (Fsp3) is 0.588. The van der Waals surface area contributed by atoms with Gasteiger partial charge in [0.2, 0.25) is 0 Å². The molecule has 1 aromatic carbocycles. The van der Waals surface area contributed by atoms with Gasteiger partial charge in [0, 0.05) is 32.4 Å². The SMILES string of the molecule is CCS(=O)(=O)CCNC(=NC)N1CCC(Cc2ccccc2)C1. The van der Waals surface area contributed by atoms with Crippen molar-refractivity contribution in [2.24, 2.45) is 10.9 Å². The average molecular weight is 337 g/mol. The molecule has 0 saturated carbocycles. The Hall–Kier alpha value is -1.56. The van der Waals surface area contributed by atoms with Crippen molar-refractivity contribution in [3.8, 4) is 0 Å². The number of guanidine groups is 1. The molecule has 0 aromatic heterocycles. The van der Waals surface area contributed by atoms with Gasteiger partial charge in [-0.15, -0.1) is 0 Å². The van der Waals surface area contributed by atoms with Gasteiger partial charge >= 0.3 is 0 Å². The molecular weight excluding hydrogens is 310 g/mol. The monoisotopic (exact) mass is 337 g/mol. The van der Waals surface area contributed by atoms with Crippen LogP contribution in [0.25, 0.3) is 0 Å². The van der Waals surface area contributed by atoms with E-state index in [1.165, 1.54) is 5.56 Å². The van der Waals surface area contributed by atoms with Crippen LogP contribution < -0.4 is 5.32 Å². The Bertz CT molecular complexity index is 614. The van der Waals surface area contributed by atoms with Gasteiger partial charge in [-0.2, -0.15) is 0 Å². The van der Waals surface area contributed by atoms with Gasteiger partial charge in [-0.05, 0) is 24.3 Å². The fourth-order valence-corrected chi connectivity index (χ4v) is 3.64. The smallest absolute Gasteiger partial charge is 0.193 e. The predicted octanol–water partition coefficient (Wildman–Crippen LogP) is 1.56. The number of nitrogens with one attached hydrogen (secondary N) is 1. The van der Waals surface area contributed by atoms with Crippen molar-refractivity contribution in [1.29, 1.82) is 0 Å². The molecule has 128 valence electrons.